The quantitative estimate of drug-likeness (QED) is 0.699. The fourth-order valence-electron chi connectivity index (χ4n) is 2.37. The van der Waals surface area contributed by atoms with E-state index in [2.05, 4.69) is 5.32 Å². The molecule has 6 nitrogen and oxygen atoms in total. The Balaban J connectivity index is 3.01. The molecule has 0 radical (unpaired) electrons. The van der Waals surface area contributed by atoms with Gasteiger partial charge in [0.05, 0.1) is 14.2 Å². The normalized spacial score (nSPS) is 13.0. The summed E-state index contributed by atoms with van der Waals surface area (Å²) in [5.41, 5.74) is -0.163. The standard InChI is InChI=1S/C18H27NO5/c1-6-10-18(3,24-11-7-2)17(21)19-13-8-9-15(22-4)14(12-13)16(20)23-5/h8-9,12H,6-7,10-11H2,1-5H3,(H,19,21)/t18-/m1/s1. The zero-order chi connectivity index (χ0) is 18.2. The van der Waals surface area contributed by atoms with E-state index in [4.69, 9.17) is 14.2 Å². The van der Waals surface area contributed by atoms with Crippen molar-refractivity contribution in [2.45, 2.75) is 45.6 Å². The summed E-state index contributed by atoms with van der Waals surface area (Å²) in [5.74, 6) is -0.376. The van der Waals surface area contributed by atoms with Gasteiger partial charge in [-0.3, -0.25) is 4.79 Å². The number of hydrogen-bond donors (Lipinski definition) is 1. The van der Waals surface area contributed by atoms with Crippen molar-refractivity contribution in [3.8, 4) is 5.75 Å². The first-order valence-electron chi connectivity index (χ1n) is 8.13. The van der Waals surface area contributed by atoms with E-state index in [1.54, 1.807) is 19.1 Å². The van der Waals surface area contributed by atoms with Gasteiger partial charge in [0, 0.05) is 12.3 Å². The van der Waals surface area contributed by atoms with Gasteiger partial charge < -0.3 is 19.5 Å². The van der Waals surface area contributed by atoms with Crippen LogP contribution >= 0.6 is 0 Å². The molecule has 0 heterocycles. The molecule has 0 aromatic heterocycles. The molecule has 1 amide bonds. The molecule has 1 aromatic carbocycles. The van der Waals surface area contributed by atoms with E-state index >= 15 is 0 Å². The van der Waals surface area contributed by atoms with Crippen molar-refractivity contribution in [2.24, 2.45) is 0 Å². The van der Waals surface area contributed by atoms with E-state index in [1.807, 2.05) is 13.8 Å². The Morgan fingerprint density at radius 2 is 1.88 bits per heavy atom. The van der Waals surface area contributed by atoms with Crippen molar-refractivity contribution in [2.75, 3.05) is 26.1 Å². The Kier molecular flexibility index (Phi) is 7.71. The van der Waals surface area contributed by atoms with Gasteiger partial charge in [0.1, 0.15) is 16.9 Å². The van der Waals surface area contributed by atoms with Gasteiger partial charge in [-0.2, -0.15) is 0 Å². The van der Waals surface area contributed by atoms with Crippen molar-refractivity contribution in [3.63, 3.8) is 0 Å². The Morgan fingerprint density at radius 3 is 2.42 bits per heavy atom. The van der Waals surface area contributed by atoms with Gasteiger partial charge in [0.25, 0.3) is 5.91 Å². The maximum absolute atomic E-state index is 12.7. The first-order valence-corrected chi connectivity index (χ1v) is 8.13. The SMILES string of the molecule is CCCO[C@](C)(CCC)C(=O)Nc1ccc(OC)c(C(=O)OC)c1. The second kappa shape index (κ2) is 9.27. The smallest absolute Gasteiger partial charge is 0.341 e. The highest BCUT2D eigenvalue weighted by Crippen LogP contribution is 2.26. The average Bonchev–Trinajstić information content (AvgIpc) is 2.59. The number of esters is 1. The van der Waals surface area contributed by atoms with Crippen molar-refractivity contribution in [1.29, 1.82) is 0 Å². The van der Waals surface area contributed by atoms with Gasteiger partial charge in [-0.1, -0.05) is 20.3 Å². The van der Waals surface area contributed by atoms with Crippen molar-refractivity contribution in [1.82, 2.24) is 0 Å². The maximum Gasteiger partial charge on any atom is 0.341 e. The molecule has 24 heavy (non-hydrogen) atoms. The molecule has 1 rings (SSSR count). The summed E-state index contributed by atoms with van der Waals surface area (Å²) in [6, 6.07) is 4.83. The number of benzene rings is 1. The molecule has 6 heteroatoms. The lowest BCUT2D eigenvalue weighted by Gasteiger charge is -2.28. The number of carbonyl (C=O) groups excluding carboxylic acids is 2. The fourth-order valence-corrected chi connectivity index (χ4v) is 2.37. The van der Waals surface area contributed by atoms with Gasteiger partial charge in [-0.05, 0) is 38.0 Å². The van der Waals surface area contributed by atoms with Crippen LogP contribution in [0.25, 0.3) is 0 Å². The van der Waals surface area contributed by atoms with Crippen LogP contribution in [0.5, 0.6) is 5.75 Å². The number of rotatable bonds is 9. The number of nitrogens with one attached hydrogen (secondary N) is 1. The predicted octanol–water partition coefficient (Wildman–Crippen LogP) is 3.41. The molecule has 0 bridgehead atoms. The zero-order valence-corrected chi connectivity index (χ0v) is 15.1. The van der Waals surface area contributed by atoms with E-state index < -0.39 is 11.6 Å². The molecule has 0 spiro atoms. The minimum absolute atomic E-state index is 0.237. The summed E-state index contributed by atoms with van der Waals surface area (Å²) < 4.78 is 15.7. The Bertz CT molecular complexity index is 573. The third-order valence-electron chi connectivity index (χ3n) is 3.69. The predicted molar refractivity (Wildman–Crippen MR) is 92.5 cm³/mol. The minimum Gasteiger partial charge on any atom is -0.496 e. The molecule has 0 aliphatic heterocycles. The maximum atomic E-state index is 12.7. The lowest BCUT2D eigenvalue weighted by Crippen LogP contribution is -2.43. The fraction of sp³-hybridized carbons (Fsp3) is 0.556. The van der Waals surface area contributed by atoms with E-state index in [9.17, 15) is 9.59 Å². The van der Waals surface area contributed by atoms with Crippen LogP contribution in [0, 0.1) is 0 Å². The van der Waals surface area contributed by atoms with Crippen molar-refractivity contribution in [3.05, 3.63) is 23.8 Å². The lowest BCUT2D eigenvalue weighted by atomic mass is 9.98. The number of ether oxygens (including phenoxy) is 3. The van der Waals surface area contributed by atoms with E-state index in [1.165, 1.54) is 20.3 Å². The molecule has 0 saturated heterocycles. The van der Waals surface area contributed by atoms with E-state index in [0.717, 1.165) is 12.8 Å². The number of hydrogen-bond acceptors (Lipinski definition) is 5. The first-order chi connectivity index (χ1) is 11.4. The number of methoxy groups -OCH3 is 2. The van der Waals surface area contributed by atoms with Gasteiger partial charge in [0.15, 0.2) is 0 Å². The van der Waals surface area contributed by atoms with E-state index in [-0.39, 0.29) is 11.5 Å². The molecule has 0 unspecified atom stereocenters. The lowest BCUT2D eigenvalue weighted by molar-refractivity contribution is -0.140. The van der Waals surface area contributed by atoms with Gasteiger partial charge in [0.2, 0.25) is 0 Å². The third kappa shape index (κ3) is 4.96. The minimum atomic E-state index is -0.907. The van der Waals surface area contributed by atoms with Crippen LogP contribution in [0.15, 0.2) is 18.2 Å². The summed E-state index contributed by atoms with van der Waals surface area (Å²) in [5, 5.41) is 2.82. The molecule has 134 valence electrons. The summed E-state index contributed by atoms with van der Waals surface area (Å²) in [6.45, 7) is 6.30. The van der Waals surface area contributed by atoms with Gasteiger partial charge >= 0.3 is 5.97 Å². The number of amides is 1. The van der Waals surface area contributed by atoms with Crippen molar-refractivity contribution < 1.29 is 23.8 Å². The summed E-state index contributed by atoms with van der Waals surface area (Å²) in [4.78, 5) is 24.5. The Morgan fingerprint density at radius 1 is 1.17 bits per heavy atom. The second-order valence-corrected chi connectivity index (χ2v) is 5.69. The Hall–Kier alpha value is -2.08. The van der Waals surface area contributed by atoms with E-state index in [0.29, 0.717) is 24.5 Å². The number of carbonyl (C=O) groups is 2. The van der Waals surface area contributed by atoms with Crippen LogP contribution in [0.2, 0.25) is 0 Å². The van der Waals surface area contributed by atoms with Crippen LogP contribution in [-0.4, -0.2) is 38.3 Å². The Labute approximate surface area is 143 Å². The first kappa shape index (κ1) is 20.0. The van der Waals surface area contributed by atoms with Crippen LogP contribution in [0.3, 0.4) is 0 Å². The molecule has 1 atom stereocenters. The molecular formula is C18H27NO5. The average molecular weight is 337 g/mol. The number of anilines is 1. The second-order valence-electron chi connectivity index (χ2n) is 5.69. The molecule has 1 N–H and O–H groups in total. The summed E-state index contributed by atoms with van der Waals surface area (Å²) in [6.07, 6.45) is 2.27. The summed E-state index contributed by atoms with van der Waals surface area (Å²) in [7, 11) is 2.76. The molecular weight excluding hydrogens is 310 g/mol. The van der Waals surface area contributed by atoms with Crippen LogP contribution in [0.4, 0.5) is 5.69 Å². The van der Waals surface area contributed by atoms with Gasteiger partial charge in [-0.25, -0.2) is 4.79 Å². The van der Waals surface area contributed by atoms with Crippen LogP contribution in [-0.2, 0) is 14.3 Å². The molecule has 0 aliphatic rings. The summed E-state index contributed by atoms with van der Waals surface area (Å²) >= 11 is 0. The largest absolute Gasteiger partial charge is 0.496 e. The monoisotopic (exact) mass is 337 g/mol. The third-order valence-corrected chi connectivity index (χ3v) is 3.69. The highest BCUT2D eigenvalue weighted by atomic mass is 16.5. The molecule has 0 saturated carbocycles. The molecule has 0 fully saturated rings. The van der Waals surface area contributed by atoms with Crippen LogP contribution in [0.1, 0.15) is 50.4 Å². The highest BCUT2D eigenvalue weighted by Gasteiger charge is 2.33. The van der Waals surface area contributed by atoms with Crippen molar-refractivity contribution >= 4 is 17.6 Å². The zero-order valence-electron chi connectivity index (χ0n) is 15.1. The highest BCUT2D eigenvalue weighted by molar-refractivity contribution is 5.99. The van der Waals surface area contributed by atoms with Crippen LogP contribution < -0.4 is 10.1 Å². The van der Waals surface area contributed by atoms with Gasteiger partial charge in [-0.15, -0.1) is 0 Å². The molecule has 0 aliphatic carbocycles. The molecule has 1 aromatic rings. The topological polar surface area (TPSA) is 73.9 Å².